The molecule has 0 radical (unpaired) electrons. The molecule has 3 nitrogen and oxygen atoms in total. The second-order valence-electron chi connectivity index (χ2n) is 5.24. The van der Waals surface area contributed by atoms with Gasteiger partial charge in [0, 0.05) is 12.2 Å². The minimum atomic E-state index is -0.240. The fourth-order valence-electron chi connectivity index (χ4n) is 2.02. The molecule has 0 amide bonds. The van der Waals surface area contributed by atoms with E-state index in [-0.39, 0.29) is 11.9 Å². The molecule has 0 aliphatic carbocycles. The van der Waals surface area contributed by atoms with Crippen LogP contribution < -0.4 is 4.74 Å². The molecule has 0 aliphatic rings. The average molecular weight is 328 g/mol. The Morgan fingerprint density at radius 2 is 1.74 bits per heavy atom. The number of carbonyl (C=O) groups excluding carboxylic acids is 2. The summed E-state index contributed by atoms with van der Waals surface area (Å²) >= 11 is 1.59. The SMILES string of the molecule is CC(CSCCC=O)C(=O)Oc1ccc(-c2ccccc2)cc1. The van der Waals surface area contributed by atoms with Crippen molar-refractivity contribution < 1.29 is 14.3 Å². The number of rotatable bonds is 8. The van der Waals surface area contributed by atoms with Crippen molar-refractivity contribution in [2.24, 2.45) is 5.92 Å². The van der Waals surface area contributed by atoms with Crippen LogP contribution in [0.3, 0.4) is 0 Å². The van der Waals surface area contributed by atoms with Gasteiger partial charge in [-0.1, -0.05) is 49.4 Å². The summed E-state index contributed by atoms with van der Waals surface area (Å²) in [4.78, 5) is 22.3. The summed E-state index contributed by atoms with van der Waals surface area (Å²) in [5, 5.41) is 0. The van der Waals surface area contributed by atoms with Crippen molar-refractivity contribution in [3.63, 3.8) is 0 Å². The van der Waals surface area contributed by atoms with E-state index in [1.54, 1.807) is 11.8 Å². The second kappa shape index (κ2) is 9.16. The number of esters is 1. The second-order valence-corrected chi connectivity index (χ2v) is 6.39. The summed E-state index contributed by atoms with van der Waals surface area (Å²) in [6, 6.07) is 17.6. The molecule has 1 atom stereocenters. The van der Waals surface area contributed by atoms with Gasteiger partial charge < -0.3 is 9.53 Å². The number of benzene rings is 2. The Labute approximate surface area is 141 Å². The molecule has 2 aromatic carbocycles. The van der Waals surface area contributed by atoms with Crippen LogP contribution in [0.5, 0.6) is 5.75 Å². The summed E-state index contributed by atoms with van der Waals surface area (Å²) in [7, 11) is 0. The molecule has 0 saturated heterocycles. The van der Waals surface area contributed by atoms with Crippen LogP contribution in [0.15, 0.2) is 54.6 Å². The molecule has 2 rings (SSSR count). The first-order valence-electron chi connectivity index (χ1n) is 7.59. The van der Waals surface area contributed by atoms with E-state index in [4.69, 9.17) is 4.74 Å². The van der Waals surface area contributed by atoms with Gasteiger partial charge in [0.05, 0.1) is 5.92 Å². The number of thioether (sulfide) groups is 1. The van der Waals surface area contributed by atoms with E-state index in [1.165, 1.54) is 0 Å². The van der Waals surface area contributed by atoms with E-state index in [9.17, 15) is 9.59 Å². The van der Waals surface area contributed by atoms with E-state index in [2.05, 4.69) is 0 Å². The zero-order chi connectivity index (χ0) is 16.5. The van der Waals surface area contributed by atoms with Gasteiger partial charge in [0.15, 0.2) is 0 Å². The van der Waals surface area contributed by atoms with Gasteiger partial charge in [0.25, 0.3) is 0 Å². The summed E-state index contributed by atoms with van der Waals surface area (Å²) in [5.41, 5.74) is 2.22. The molecular weight excluding hydrogens is 308 g/mol. The Hall–Kier alpha value is -2.07. The van der Waals surface area contributed by atoms with Crippen LogP contribution in [0, 0.1) is 5.92 Å². The van der Waals surface area contributed by atoms with E-state index in [0.29, 0.717) is 17.9 Å². The lowest BCUT2D eigenvalue weighted by molar-refractivity contribution is -0.137. The molecule has 0 fully saturated rings. The lowest BCUT2D eigenvalue weighted by Crippen LogP contribution is -2.20. The summed E-state index contributed by atoms with van der Waals surface area (Å²) < 4.78 is 5.40. The molecule has 0 saturated carbocycles. The summed E-state index contributed by atoms with van der Waals surface area (Å²) in [5.74, 6) is 1.53. The smallest absolute Gasteiger partial charge is 0.314 e. The van der Waals surface area contributed by atoms with Crippen molar-refractivity contribution in [1.82, 2.24) is 0 Å². The normalized spacial score (nSPS) is 11.7. The fraction of sp³-hybridized carbons (Fsp3) is 0.263. The van der Waals surface area contributed by atoms with Gasteiger partial charge in [0.2, 0.25) is 0 Å². The molecule has 4 heteroatoms. The van der Waals surface area contributed by atoms with Crippen molar-refractivity contribution in [2.75, 3.05) is 11.5 Å². The lowest BCUT2D eigenvalue weighted by Gasteiger charge is -2.11. The van der Waals surface area contributed by atoms with Gasteiger partial charge in [-0.15, -0.1) is 0 Å². The monoisotopic (exact) mass is 328 g/mol. The van der Waals surface area contributed by atoms with Crippen molar-refractivity contribution in [1.29, 1.82) is 0 Å². The molecule has 0 heterocycles. The van der Waals surface area contributed by atoms with Crippen LogP contribution in [-0.2, 0) is 9.59 Å². The number of carbonyl (C=O) groups is 2. The third-order valence-electron chi connectivity index (χ3n) is 3.33. The molecule has 2 aromatic rings. The van der Waals surface area contributed by atoms with Gasteiger partial charge >= 0.3 is 5.97 Å². The topological polar surface area (TPSA) is 43.4 Å². The Balaban J connectivity index is 1.87. The van der Waals surface area contributed by atoms with Crippen molar-refractivity contribution in [3.05, 3.63) is 54.6 Å². The van der Waals surface area contributed by atoms with E-state index < -0.39 is 0 Å². The molecular formula is C19H20O3S. The third-order valence-corrected chi connectivity index (χ3v) is 4.59. The Bertz CT molecular complexity index is 623. The number of hydrogen-bond donors (Lipinski definition) is 0. The largest absolute Gasteiger partial charge is 0.426 e. The number of ether oxygens (including phenoxy) is 1. The van der Waals surface area contributed by atoms with Crippen molar-refractivity contribution >= 4 is 24.0 Å². The number of hydrogen-bond acceptors (Lipinski definition) is 4. The standard InChI is InChI=1S/C19H20O3S/c1-15(14-23-13-5-12-20)19(21)22-18-10-8-17(9-11-18)16-6-3-2-4-7-16/h2-4,6-12,15H,5,13-14H2,1H3. The maximum absolute atomic E-state index is 12.0. The van der Waals surface area contributed by atoms with Gasteiger partial charge in [-0.25, -0.2) is 0 Å². The Morgan fingerprint density at radius 3 is 2.39 bits per heavy atom. The predicted molar refractivity (Wildman–Crippen MR) is 94.7 cm³/mol. The molecule has 23 heavy (non-hydrogen) atoms. The zero-order valence-electron chi connectivity index (χ0n) is 13.1. The van der Waals surface area contributed by atoms with Gasteiger partial charge in [-0.3, -0.25) is 4.79 Å². The van der Waals surface area contributed by atoms with Crippen LogP contribution >= 0.6 is 11.8 Å². The first kappa shape index (κ1) is 17.3. The fourth-order valence-corrected chi connectivity index (χ4v) is 2.94. The van der Waals surface area contributed by atoms with Crippen LogP contribution in [-0.4, -0.2) is 23.8 Å². The molecule has 1 unspecified atom stereocenters. The van der Waals surface area contributed by atoms with E-state index in [0.717, 1.165) is 23.2 Å². The lowest BCUT2D eigenvalue weighted by atomic mass is 10.1. The summed E-state index contributed by atoms with van der Waals surface area (Å²) in [6.07, 6.45) is 1.41. The van der Waals surface area contributed by atoms with Crippen molar-refractivity contribution in [3.8, 4) is 16.9 Å². The minimum Gasteiger partial charge on any atom is -0.426 e. The van der Waals surface area contributed by atoms with Crippen LogP contribution in [0.4, 0.5) is 0 Å². The highest BCUT2D eigenvalue weighted by molar-refractivity contribution is 7.99. The van der Waals surface area contributed by atoms with Gasteiger partial charge in [-0.2, -0.15) is 11.8 Å². The first-order valence-corrected chi connectivity index (χ1v) is 8.74. The highest BCUT2D eigenvalue weighted by Crippen LogP contribution is 2.23. The van der Waals surface area contributed by atoms with Gasteiger partial charge in [-0.05, 0) is 29.0 Å². The third kappa shape index (κ3) is 5.57. The van der Waals surface area contributed by atoms with Crippen LogP contribution in [0.1, 0.15) is 13.3 Å². The van der Waals surface area contributed by atoms with Crippen LogP contribution in [0.25, 0.3) is 11.1 Å². The Morgan fingerprint density at radius 1 is 1.09 bits per heavy atom. The van der Waals surface area contributed by atoms with E-state index >= 15 is 0 Å². The van der Waals surface area contributed by atoms with E-state index in [1.807, 2.05) is 61.5 Å². The molecule has 0 spiro atoms. The first-order chi connectivity index (χ1) is 11.2. The highest BCUT2D eigenvalue weighted by Gasteiger charge is 2.15. The Kier molecular flexibility index (Phi) is 6.88. The molecule has 0 aliphatic heterocycles. The molecule has 0 aromatic heterocycles. The average Bonchev–Trinajstić information content (AvgIpc) is 2.60. The predicted octanol–water partition coefficient (Wildman–Crippen LogP) is 4.22. The van der Waals surface area contributed by atoms with Gasteiger partial charge in [0.1, 0.15) is 12.0 Å². The maximum Gasteiger partial charge on any atom is 0.314 e. The zero-order valence-corrected chi connectivity index (χ0v) is 13.9. The maximum atomic E-state index is 12.0. The quantitative estimate of drug-likeness (QED) is 0.315. The van der Waals surface area contributed by atoms with Crippen molar-refractivity contribution in [2.45, 2.75) is 13.3 Å². The minimum absolute atomic E-state index is 0.194. The molecule has 120 valence electrons. The molecule has 0 N–H and O–H groups in total. The summed E-state index contributed by atoms with van der Waals surface area (Å²) in [6.45, 7) is 1.84. The highest BCUT2D eigenvalue weighted by atomic mass is 32.2. The molecule has 0 bridgehead atoms. The number of aldehydes is 1. The van der Waals surface area contributed by atoms with Crippen LogP contribution in [0.2, 0.25) is 0 Å².